The summed E-state index contributed by atoms with van der Waals surface area (Å²) in [6.07, 6.45) is 3.68. The van der Waals surface area contributed by atoms with Crippen LogP contribution in [0.4, 0.5) is 0 Å². The first-order valence-corrected chi connectivity index (χ1v) is 5.82. The third-order valence-corrected chi connectivity index (χ3v) is 3.00. The van der Waals surface area contributed by atoms with Gasteiger partial charge in [0, 0.05) is 6.54 Å². The second-order valence-corrected chi connectivity index (χ2v) is 4.29. The fourth-order valence-electron chi connectivity index (χ4n) is 2.02. The standard InChI is InChI=1S/C12H18N2O2/c1-9(11-5-3-7-16-11)14-12(15)10-4-2-6-13-8-10/h3,5,7,9-10,13H,2,4,6,8H2,1H3,(H,14,15)/t9-,10+/m1/s1. The van der Waals surface area contributed by atoms with Crippen LogP contribution < -0.4 is 10.6 Å². The van der Waals surface area contributed by atoms with Crippen LogP contribution >= 0.6 is 0 Å². The van der Waals surface area contributed by atoms with E-state index in [0.29, 0.717) is 0 Å². The average Bonchev–Trinajstić information content (AvgIpc) is 2.83. The van der Waals surface area contributed by atoms with Gasteiger partial charge in [-0.05, 0) is 38.4 Å². The number of amides is 1. The Labute approximate surface area is 95.4 Å². The third-order valence-electron chi connectivity index (χ3n) is 3.00. The van der Waals surface area contributed by atoms with Crippen molar-refractivity contribution in [3.05, 3.63) is 24.2 Å². The molecule has 0 aromatic carbocycles. The van der Waals surface area contributed by atoms with E-state index in [1.807, 2.05) is 19.1 Å². The maximum absolute atomic E-state index is 11.9. The van der Waals surface area contributed by atoms with Crippen LogP contribution in [0.2, 0.25) is 0 Å². The van der Waals surface area contributed by atoms with Gasteiger partial charge in [-0.25, -0.2) is 0 Å². The number of nitrogens with one attached hydrogen (secondary N) is 2. The zero-order valence-corrected chi connectivity index (χ0v) is 9.53. The Kier molecular flexibility index (Phi) is 3.62. The van der Waals surface area contributed by atoms with E-state index in [1.165, 1.54) is 0 Å². The van der Waals surface area contributed by atoms with Crippen molar-refractivity contribution >= 4 is 5.91 Å². The molecule has 2 N–H and O–H groups in total. The van der Waals surface area contributed by atoms with Crippen molar-refractivity contribution in [1.29, 1.82) is 0 Å². The molecule has 0 aliphatic carbocycles. The van der Waals surface area contributed by atoms with Crippen molar-refractivity contribution in [2.75, 3.05) is 13.1 Å². The second-order valence-electron chi connectivity index (χ2n) is 4.29. The van der Waals surface area contributed by atoms with Gasteiger partial charge < -0.3 is 15.1 Å². The molecule has 1 saturated heterocycles. The van der Waals surface area contributed by atoms with Crippen molar-refractivity contribution in [1.82, 2.24) is 10.6 Å². The molecule has 0 unspecified atom stereocenters. The van der Waals surface area contributed by atoms with E-state index < -0.39 is 0 Å². The predicted octanol–water partition coefficient (Wildman–Crippen LogP) is 1.46. The summed E-state index contributed by atoms with van der Waals surface area (Å²) in [6, 6.07) is 3.66. The van der Waals surface area contributed by atoms with Gasteiger partial charge in [-0.3, -0.25) is 4.79 Å². The van der Waals surface area contributed by atoms with Gasteiger partial charge in [0.2, 0.25) is 5.91 Å². The van der Waals surface area contributed by atoms with Crippen molar-refractivity contribution < 1.29 is 9.21 Å². The Balaban J connectivity index is 1.86. The van der Waals surface area contributed by atoms with Crippen LogP contribution in [0.1, 0.15) is 31.6 Å². The minimum Gasteiger partial charge on any atom is -0.467 e. The fourth-order valence-corrected chi connectivity index (χ4v) is 2.02. The maximum Gasteiger partial charge on any atom is 0.224 e. The molecular weight excluding hydrogens is 204 g/mol. The Morgan fingerprint density at radius 3 is 3.19 bits per heavy atom. The molecule has 0 saturated carbocycles. The highest BCUT2D eigenvalue weighted by Gasteiger charge is 2.22. The van der Waals surface area contributed by atoms with Gasteiger partial charge in [0.05, 0.1) is 18.2 Å². The molecule has 0 spiro atoms. The summed E-state index contributed by atoms with van der Waals surface area (Å²) in [6.45, 7) is 3.75. The fraction of sp³-hybridized carbons (Fsp3) is 0.583. The first-order valence-electron chi connectivity index (χ1n) is 5.82. The van der Waals surface area contributed by atoms with Crippen LogP contribution in [-0.2, 0) is 4.79 Å². The lowest BCUT2D eigenvalue weighted by atomic mass is 9.98. The zero-order valence-electron chi connectivity index (χ0n) is 9.53. The first kappa shape index (κ1) is 11.2. The van der Waals surface area contributed by atoms with Crippen LogP contribution in [-0.4, -0.2) is 19.0 Å². The van der Waals surface area contributed by atoms with Crippen LogP contribution in [0.15, 0.2) is 22.8 Å². The third kappa shape index (κ3) is 2.64. The van der Waals surface area contributed by atoms with Gasteiger partial charge in [0.15, 0.2) is 0 Å². The lowest BCUT2D eigenvalue weighted by Gasteiger charge is -2.23. The monoisotopic (exact) mass is 222 g/mol. The summed E-state index contributed by atoms with van der Waals surface area (Å²) in [7, 11) is 0. The molecule has 1 amide bonds. The second kappa shape index (κ2) is 5.16. The highest BCUT2D eigenvalue weighted by atomic mass is 16.3. The van der Waals surface area contributed by atoms with E-state index in [9.17, 15) is 4.79 Å². The number of piperidine rings is 1. The number of carbonyl (C=O) groups is 1. The molecule has 2 atom stereocenters. The molecule has 16 heavy (non-hydrogen) atoms. The Bertz CT molecular complexity index is 329. The Hall–Kier alpha value is -1.29. The van der Waals surface area contributed by atoms with Crippen molar-refractivity contribution in [3.63, 3.8) is 0 Å². The van der Waals surface area contributed by atoms with Gasteiger partial charge in [0.25, 0.3) is 0 Å². The van der Waals surface area contributed by atoms with Crippen molar-refractivity contribution in [2.45, 2.75) is 25.8 Å². The molecule has 0 radical (unpaired) electrons. The van der Waals surface area contributed by atoms with E-state index in [-0.39, 0.29) is 17.9 Å². The van der Waals surface area contributed by atoms with Crippen LogP contribution in [0.3, 0.4) is 0 Å². The first-order chi connectivity index (χ1) is 7.77. The molecule has 2 heterocycles. The molecular formula is C12H18N2O2. The van der Waals surface area contributed by atoms with E-state index in [2.05, 4.69) is 10.6 Å². The summed E-state index contributed by atoms with van der Waals surface area (Å²) in [5.74, 6) is 1.03. The number of hydrogen-bond acceptors (Lipinski definition) is 3. The minimum absolute atomic E-state index is 0.0515. The molecule has 1 aromatic heterocycles. The maximum atomic E-state index is 11.9. The molecule has 2 rings (SSSR count). The summed E-state index contributed by atoms with van der Waals surface area (Å²) in [4.78, 5) is 11.9. The molecule has 1 aromatic rings. The van der Waals surface area contributed by atoms with Crippen LogP contribution in [0.25, 0.3) is 0 Å². The van der Waals surface area contributed by atoms with E-state index in [1.54, 1.807) is 6.26 Å². The molecule has 1 aliphatic rings. The minimum atomic E-state index is -0.0515. The van der Waals surface area contributed by atoms with E-state index in [4.69, 9.17) is 4.42 Å². The summed E-state index contributed by atoms with van der Waals surface area (Å²) in [5.41, 5.74) is 0. The summed E-state index contributed by atoms with van der Waals surface area (Å²) in [5, 5.41) is 6.22. The lowest BCUT2D eigenvalue weighted by Crippen LogP contribution is -2.41. The lowest BCUT2D eigenvalue weighted by molar-refractivity contribution is -0.126. The highest BCUT2D eigenvalue weighted by Crippen LogP contribution is 2.15. The topological polar surface area (TPSA) is 54.3 Å². The number of hydrogen-bond donors (Lipinski definition) is 2. The molecule has 1 fully saturated rings. The van der Waals surface area contributed by atoms with E-state index >= 15 is 0 Å². The Morgan fingerprint density at radius 2 is 2.56 bits per heavy atom. The van der Waals surface area contributed by atoms with Crippen LogP contribution in [0, 0.1) is 5.92 Å². The Morgan fingerprint density at radius 1 is 1.69 bits per heavy atom. The van der Waals surface area contributed by atoms with Gasteiger partial charge in [-0.15, -0.1) is 0 Å². The number of rotatable bonds is 3. The van der Waals surface area contributed by atoms with Gasteiger partial charge in [-0.2, -0.15) is 0 Å². The molecule has 4 nitrogen and oxygen atoms in total. The number of carbonyl (C=O) groups excluding carboxylic acids is 1. The number of furan rings is 1. The van der Waals surface area contributed by atoms with Gasteiger partial charge >= 0.3 is 0 Å². The zero-order chi connectivity index (χ0) is 11.4. The SMILES string of the molecule is C[C@@H](NC(=O)[C@H]1CCCNC1)c1ccco1. The molecule has 4 heteroatoms. The summed E-state index contributed by atoms with van der Waals surface area (Å²) >= 11 is 0. The van der Waals surface area contributed by atoms with Crippen molar-refractivity contribution in [2.24, 2.45) is 5.92 Å². The molecule has 1 aliphatic heterocycles. The normalized spacial score (nSPS) is 22.7. The van der Waals surface area contributed by atoms with Gasteiger partial charge in [-0.1, -0.05) is 0 Å². The average molecular weight is 222 g/mol. The predicted molar refractivity (Wildman–Crippen MR) is 60.9 cm³/mol. The van der Waals surface area contributed by atoms with E-state index in [0.717, 1.165) is 31.7 Å². The molecule has 88 valence electrons. The van der Waals surface area contributed by atoms with Gasteiger partial charge in [0.1, 0.15) is 5.76 Å². The van der Waals surface area contributed by atoms with Crippen LogP contribution in [0.5, 0.6) is 0 Å². The van der Waals surface area contributed by atoms with Crippen molar-refractivity contribution in [3.8, 4) is 0 Å². The smallest absolute Gasteiger partial charge is 0.224 e. The largest absolute Gasteiger partial charge is 0.467 e. The molecule has 0 bridgehead atoms. The highest BCUT2D eigenvalue weighted by molar-refractivity contribution is 5.79. The quantitative estimate of drug-likeness (QED) is 0.814. The summed E-state index contributed by atoms with van der Waals surface area (Å²) < 4.78 is 5.25.